The van der Waals surface area contributed by atoms with Gasteiger partial charge in [-0.25, -0.2) is 9.97 Å². The second-order valence-corrected chi connectivity index (χ2v) is 5.55. The number of aromatic nitrogens is 4. The summed E-state index contributed by atoms with van der Waals surface area (Å²) in [5.74, 6) is 0.550. The van der Waals surface area contributed by atoms with Gasteiger partial charge in [0.2, 0.25) is 0 Å². The lowest BCUT2D eigenvalue weighted by Gasteiger charge is -2.23. The fourth-order valence-corrected chi connectivity index (χ4v) is 2.31. The zero-order chi connectivity index (χ0) is 19.1. The fraction of sp³-hybridized carbons (Fsp3) is 0.375. The molecule has 3 heterocycles. The van der Waals surface area contributed by atoms with Gasteiger partial charge >= 0.3 is 0 Å². The minimum Gasteiger partial charge on any atom is -0.488 e. The summed E-state index contributed by atoms with van der Waals surface area (Å²) in [6.45, 7) is 2.34. The molecule has 1 aliphatic rings. The summed E-state index contributed by atoms with van der Waals surface area (Å²) in [5, 5.41) is 25.3. The van der Waals surface area contributed by atoms with Crippen LogP contribution < -0.4 is 20.7 Å². The number of hydrogen-bond acceptors (Lipinski definition) is 10. The summed E-state index contributed by atoms with van der Waals surface area (Å²) < 4.78 is 11.4. The molecule has 0 bridgehead atoms. The monoisotopic (exact) mass is 370 g/mol. The van der Waals surface area contributed by atoms with E-state index < -0.39 is 5.91 Å². The van der Waals surface area contributed by atoms with E-state index in [0.717, 1.165) is 6.54 Å². The van der Waals surface area contributed by atoms with Crippen LogP contribution >= 0.6 is 0 Å². The van der Waals surface area contributed by atoms with Crippen molar-refractivity contribution in [1.29, 1.82) is 5.26 Å². The molecule has 140 valence electrons. The van der Waals surface area contributed by atoms with Gasteiger partial charge in [0.15, 0.2) is 23.0 Å². The minimum atomic E-state index is -0.412. The first-order valence-electron chi connectivity index (χ1n) is 8.23. The molecule has 3 rings (SSSR count). The van der Waals surface area contributed by atoms with E-state index in [-0.39, 0.29) is 29.8 Å². The van der Waals surface area contributed by atoms with Crippen LogP contribution in [0.3, 0.4) is 0 Å². The summed E-state index contributed by atoms with van der Waals surface area (Å²) in [5.41, 5.74) is 0.268. The van der Waals surface area contributed by atoms with Gasteiger partial charge in [0, 0.05) is 26.2 Å². The van der Waals surface area contributed by atoms with Crippen molar-refractivity contribution in [2.75, 3.05) is 38.7 Å². The van der Waals surface area contributed by atoms with E-state index in [1.807, 2.05) is 6.07 Å². The number of hydrogen-bond donors (Lipinski definition) is 3. The Morgan fingerprint density at radius 1 is 1.41 bits per heavy atom. The maximum atomic E-state index is 12.0. The van der Waals surface area contributed by atoms with E-state index in [2.05, 4.69) is 36.1 Å². The molecule has 0 aliphatic carbocycles. The van der Waals surface area contributed by atoms with E-state index in [1.54, 1.807) is 6.07 Å². The van der Waals surface area contributed by atoms with Crippen molar-refractivity contribution in [2.24, 2.45) is 0 Å². The highest BCUT2D eigenvalue weighted by Crippen LogP contribution is 2.21. The molecule has 1 atom stereocenters. The van der Waals surface area contributed by atoms with Gasteiger partial charge in [-0.15, -0.1) is 10.2 Å². The molecule has 1 fully saturated rings. The molecule has 0 spiro atoms. The molecule has 1 amide bonds. The molecule has 0 aromatic carbocycles. The Labute approximate surface area is 155 Å². The lowest BCUT2D eigenvalue weighted by molar-refractivity contribution is -0.0000825. The van der Waals surface area contributed by atoms with Gasteiger partial charge in [-0.05, 0) is 0 Å². The Balaban J connectivity index is 1.76. The van der Waals surface area contributed by atoms with Crippen LogP contribution in [0.2, 0.25) is 0 Å². The lowest BCUT2D eigenvalue weighted by Crippen LogP contribution is -2.41. The number of carbonyl (C=O) groups is 1. The molecule has 11 heteroatoms. The average molecular weight is 370 g/mol. The predicted octanol–water partition coefficient (Wildman–Crippen LogP) is -0.391. The number of ether oxygens (including phenoxy) is 2. The number of anilines is 2. The highest BCUT2D eigenvalue weighted by atomic mass is 16.5. The third-order valence-electron chi connectivity index (χ3n) is 3.65. The zero-order valence-electron chi connectivity index (χ0n) is 14.6. The standard InChI is InChI=1S/C16H18N8O3/c1-18-16(25)15-12(27-9-11-7-19-2-3-26-11)4-13(23-24-15)22-14-8-20-10(5-17)6-21-14/h4,6,8,11,19H,2-3,7,9H2,1H3,(H,18,25)(H,21,22,23)/t11-/m0/s1. The van der Waals surface area contributed by atoms with Crippen LogP contribution in [0.4, 0.5) is 11.6 Å². The first-order chi connectivity index (χ1) is 13.2. The molecule has 11 nitrogen and oxygen atoms in total. The van der Waals surface area contributed by atoms with Gasteiger partial charge in [0.05, 0.1) is 19.0 Å². The van der Waals surface area contributed by atoms with Crippen molar-refractivity contribution in [3.05, 3.63) is 29.8 Å². The van der Waals surface area contributed by atoms with Crippen LogP contribution in [-0.4, -0.2) is 65.5 Å². The summed E-state index contributed by atoms with van der Waals surface area (Å²) in [7, 11) is 1.50. The Hall–Kier alpha value is -3.36. The van der Waals surface area contributed by atoms with Gasteiger partial charge in [0.25, 0.3) is 5.91 Å². The quantitative estimate of drug-likeness (QED) is 0.614. The van der Waals surface area contributed by atoms with Gasteiger partial charge < -0.3 is 25.4 Å². The lowest BCUT2D eigenvalue weighted by atomic mass is 10.3. The van der Waals surface area contributed by atoms with Crippen LogP contribution in [0, 0.1) is 11.3 Å². The van der Waals surface area contributed by atoms with Crippen molar-refractivity contribution in [3.63, 3.8) is 0 Å². The number of nitrogens with zero attached hydrogens (tertiary/aromatic N) is 5. The Morgan fingerprint density at radius 2 is 2.30 bits per heavy atom. The molecule has 1 saturated heterocycles. The third-order valence-corrected chi connectivity index (χ3v) is 3.65. The van der Waals surface area contributed by atoms with E-state index in [9.17, 15) is 4.79 Å². The molecule has 0 radical (unpaired) electrons. The largest absolute Gasteiger partial charge is 0.488 e. The smallest absolute Gasteiger partial charge is 0.275 e. The first-order valence-corrected chi connectivity index (χ1v) is 8.23. The van der Waals surface area contributed by atoms with Crippen LogP contribution in [0.25, 0.3) is 0 Å². The van der Waals surface area contributed by atoms with Gasteiger partial charge in [0.1, 0.15) is 24.6 Å². The van der Waals surface area contributed by atoms with Crippen molar-refractivity contribution < 1.29 is 14.3 Å². The molecule has 27 heavy (non-hydrogen) atoms. The maximum absolute atomic E-state index is 12.0. The predicted molar refractivity (Wildman–Crippen MR) is 93.6 cm³/mol. The van der Waals surface area contributed by atoms with Crippen molar-refractivity contribution in [1.82, 2.24) is 30.8 Å². The Kier molecular flexibility index (Phi) is 6.03. The number of amides is 1. The van der Waals surface area contributed by atoms with Crippen LogP contribution in [0.1, 0.15) is 16.2 Å². The van der Waals surface area contributed by atoms with E-state index in [0.29, 0.717) is 24.8 Å². The van der Waals surface area contributed by atoms with Crippen molar-refractivity contribution >= 4 is 17.5 Å². The molecule has 0 unspecified atom stereocenters. The Morgan fingerprint density at radius 3 is 2.96 bits per heavy atom. The summed E-state index contributed by atoms with van der Waals surface area (Å²) in [6, 6.07) is 3.44. The molecule has 0 saturated carbocycles. The van der Waals surface area contributed by atoms with E-state index in [1.165, 1.54) is 19.4 Å². The van der Waals surface area contributed by atoms with Gasteiger partial charge in [-0.3, -0.25) is 4.79 Å². The molecule has 2 aromatic rings. The molecule has 1 aliphatic heterocycles. The zero-order valence-corrected chi connectivity index (χ0v) is 14.6. The topological polar surface area (TPSA) is 147 Å². The Bertz CT molecular complexity index is 831. The maximum Gasteiger partial charge on any atom is 0.275 e. The van der Waals surface area contributed by atoms with Crippen molar-refractivity contribution in [3.8, 4) is 11.8 Å². The highest BCUT2D eigenvalue weighted by molar-refractivity contribution is 5.94. The fourth-order valence-electron chi connectivity index (χ4n) is 2.31. The average Bonchev–Trinajstić information content (AvgIpc) is 2.73. The minimum absolute atomic E-state index is 0.0673. The van der Waals surface area contributed by atoms with E-state index >= 15 is 0 Å². The van der Waals surface area contributed by atoms with Crippen LogP contribution in [0.5, 0.6) is 5.75 Å². The highest BCUT2D eigenvalue weighted by Gasteiger charge is 2.19. The number of carbonyl (C=O) groups excluding carboxylic acids is 1. The third kappa shape index (κ3) is 4.84. The molecular weight excluding hydrogens is 352 g/mol. The molecule has 2 aromatic heterocycles. The van der Waals surface area contributed by atoms with Gasteiger partial charge in [-0.1, -0.05) is 0 Å². The normalized spacial score (nSPS) is 16.2. The number of nitriles is 1. The molecular formula is C16H18N8O3. The van der Waals surface area contributed by atoms with Gasteiger partial charge in [-0.2, -0.15) is 5.26 Å². The number of nitrogens with one attached hydrogen (secondary N) is 3. The number of rotatable bonds is 6. The van der Waals surface area contributed by atoms with Crippen molar-refractivity contribution in [2.45, 2.75) is 6.10 Å². The summed E-state index contributed by atoms with van der Waals surface area (Å²) >= 11 is 0. The second kappa shape index (κ2) is 8.84. The molecule has 3 N–H and O–H groups in total. The van der Waals surface area contributed by atoms with E-state index in [4.69, 9.17) is 14.7 Å². The first kappa shape index (κ1) is 18.4. The number of morpholine rings is 1. The van der Waals surface area contributed by atoms with Crippen LogP contribution in [0.15, 0.2) is 18.5 Å². The second-order valence-electron chi connectivity index (χ2n) is 5.55. The van der Waals surface area contributed by atoms with Crippen LogP contribution in [-0.2, 0) is 4.74 Å². The summed E-state index contributed by atoms with van der Waals surface area (Å²) in [4.78, 5) is 20.0. The summed E-state index contributed by atoms with van der Waals surface area (Å²) in [6.07, 6.45) is 2.61. The SMILES string of the molecule is CNC(=O)c1nnc(Nc2cnc(C#N)cn2)cc1OC[C@@H]1CNCCO1.